The SMILES string of the molecule is C[C@H](NC(=S)N/N=C/c1ccc(N2CCOCC2)cc1)c1ccccc1. The van der Waals surface area contributed by atoms with Crippen molar-refractivity contribution >= 4 is 29.2 Å². The van der Waals surface area contributed by atoms with Crippen LogP contribution in [-0.4, -0.2) is 37.6 Å². The average Bonchev–Trinajstić information content (AvgIpc) is 2.70. The van der Waals surface area contributed by atoms with E-state index in [-0.39, 0.29) is 6.04 Å². The first kappa shape index (κ1) is 18.4. The summed E-state index contributed by atoms with van der Waals surface area (Å²) in [5.41, 5.74) is 6.29. The van der Waals surface area contributed by atoms with Crippen LogP contribution in [0.3, 0.4) is 0 Å². The topological polar surface area (TPSA) is 48.9 Å². The van der Waals surface area contributed by atoms with Crippen molar-refractivity contribution < 1.29 is 4.74 Å². The van der Waals surface area contributed by atoms with E-state index in [0.29, 0.717) is 5.11 Å². The first-order valence-electron chi connectivity index (χ1n) is 8.79. The lowest BCUT2D eigenvalue weighted by Gasteiger charge is -2.28. The molecule has 3 rings (SSSR count). The van der Waals surface area contributed by atoms with E-state index in [0.717, 1.165) is 31.9 Å². The fourth-order valence-electron chi connectivity index (χ4n) is 2.81. The van der Waals surface area contributed by atoms with E-state index in [2.05, 4.69) is 64.1 Å². The third-order valence-corrected chi connectivity index (χ3v) is 4.51. The van der Waals surface area contributed by atoms with Gasteiger partial charge in [-0.25, -0.2) is 0 Å². The molecule has 1 aliphatic heterocycles. The van der Waals surface area contributed by atoms with Gasteiger partial charge in [-0.2, -0.15) is 5.10 Å². The smallest absolute Gasteiger partial charge is 0.187 e. The third kappa shape index (κ3) is 5.28. The fourth-order valence-corrected chi connectivity index (χ4v) is 3.04. The fraction of sp³-hybridized carbons (Fsp3) is 0.300. The molecule has 0 unspecified atom stereocenters. The maximum atomic E-state index is 5.39. The van der Waals surface area contributed by atoms with Gasteiger partial charge in [0.1, 0.15) is 0 Å². The van der Waals surface area contributed by atoms with Crippen LogP contribution in [0.1, 0.15) is 24.1 Å². The number of anilines is 1. The summed E-state index contributed by atoms with van der Waals surface area (Å²) in [5.74, 6) is 0. The maximum absolute atomic E-state index is 5.39. The minimum atomic E-state index is 0.124. The molecule has 0 bridgehead atoms. The highest BCUT2D eigenvalue weighted by Gasteiger charge is 2.10. The Morgan fingerprint density at radius 2 is 1.81 bits per heavy atom. The Kier molecular flexibility index (Phi) is 6.57. The standard InChI is InChI=1S/C20H24N4OS/c1-16(18-5-3-2-4-6-18)22-20(26)23-21-15-17-7-9-19(10-8-17)24-11-13-25-14-12-24/h2-10,15-16H,11-14H2,1H3,(H2,22,23,26)/b21-15+/t16-/m0/s1. The zero-order valence-electron chi connectivity index (χ0n) is 14.9. The molecule has 0 amide bonds. The molecule has 1 atom stereocenters. The van der Waals surface area contributed by atoms with Gasteiger partial charge in [-0.05, 0) is 42.4 Å². The van der Waals surface area contributed by atoms with Gasteiger partial charge in [0, 0.05) is 18.8 Å². The molecule has 2 aromatic rings. The summed E-state index contributed by atoms with van der Waals surface area (Å²) in [7, 11) is 0. The van der Waals surface area contributed by atoms with Gasteiger partial charge in [0.25, 0.3) is 0 Å². The van der Waals surface area contributed by atoms with Crippen molar-refractivity contribution in [2.45, 2.75) is 13.0 Å². The number of rotatable bonds is 5. The van der Waals surface area contributed by atoms with E-state index in [9.17, 15) is 0 Å². The lowest BCUT2D eigenvalue weighted by atomic mass is 10.1. The van der Waals surface area contributed by atoms with Gasteiger partial charge in [0.05, 0.1) is 25.5 Å². The molecule has 1 aliphatic rings. The second-order valence-corrected chi connectivity index (χ2v) is 6.58. The summed E-state index contributed by atoms with van der Waals surface area (Å²) in [6.07, 6.45) is 1.77. The molecule has 0 radical (unpaired) electrons. The first-order chi connectivity index (χ1) is 12.7. The van der Waals surface area contributed by atoms with E-state index >= 15 is 0 Å². The van der Waals surface area contributed by atoms with Gasteiger partial charge in [-0.15, -0.1) is 0 Å². The lowest BCUT2D eigenvalue weighted by Crippen LogP contribution is -2.36. The molecule has 6 heteroatoms. The van der Waals surface area contributed by atoms with Crippen LogP contribution in [0.15, 0.2) is 59.7 Å². The molecule has 0 aliphatic carbocycles. The van der Waals surface area contributed by atoms with Crippen LogP contribution in [0, 0.1) is 0 Å². The van der Waals surface area contributed by atoms with Crippen LogP contribution in [0.5, 0.6) is 0 Å². The Labute approximate surface area is 160 Å². The number of hydrogen-bond donors (Lipinski definition) is 2. The number of morpholine rings is 1. The summed E-state index contributed by atoms with van der Waals surface area (Å²) >= 11 is 5.30. The highest BCUT2D eigenvalue weighted by Crippen LogP contribution is 2.16. The summed E-state index contributed by atoms with van der Waals surface area (Å²) in [5, 5.41) is 7.94. The number of hydrogen-bond acceptors (Lipinski definition) is 4. The van der Waals surface area contributed by atoms with E-state index in [1.54, 1.807) is 6.21 Å². The van der Waals surface area contributed by atoms with Crippen LogP contribution in [-0.2, 0) is 4.74 Å². The zero-order chi connectivity index (χ0) is 18.2. The lowest BCUT2D eigenvalue weighted by molar-refractivity contribution is 0.122. The molecule has 5 nitrogen and oxygen atoms in total. The second-order valence-electron chi connectivity index (χ2n) is 6.17. The van der Waals surface area contributed by atoms with E-state index < -0.39 is 0 Å². The normalized spacial score (nSPS) is 15.7. The van der Waals surface area contributed by atoms with Gasteiger partial charge >= 0.3 is 0 Å². The highest BCUT2D eigenvalue weighted by molar-refractivity contribution is 7.80. The van der Waals surface area contributed by atoms with Gasteiger partial charge in [0.15, 0.2) is 5.11 Å². The summed E-state index contributed by atoms with van der Waals surface area (Å²) in [6, 6.07) is 18.6. The number of nitrogens with zero attached hydrogens (tertiary/aromatic N) is 2. The molecule has 1 heterocycles. The second kappa shape index (κ2) is 9.31. The molecule has 0 aromatic heterocycles. The molecule has 1 saturated heterocycles. The van der Waals surface area contributed by atoms with Crippen molar-refractivity contribution in [3.05, 3.63) is 65.7 Å². The number of nitrogens with one attached hydrogen (secondary N) is 2. The third-order valence-electron chi connectivity index (χ3n) is 4.30. The molecule has 26 heavy (non-hydrogen) atoms. The Bertz CT molecular complexity index is 727. The zero-order valence-corrected chi connectivity index (χ0v) is 15.7. The quantitative estimate of drug-likeness (QED) is 0.483. The van der Waals surface area contributed by atoms with Crippen LogP contribution in [0.2, 0.25) is 0 Å². The molecule has 0 saturated carbocycles. The summed E-state index contributed by atoms with van der Waals surface area (Å²) in [4.78, 5) is 2.33. The Balaban J connectivity index is 1.47. The van der Waals surface area contributed by atoms with Crippen LogP contribution in [0.25, 0.3) is 0 Å². The molecule has 2 aromatic carbocycles. The molecule has 0 spiro atoms. The predicted molar refractivity (Wildman–Crippen MR) is 111 cm³/mol. The van der Waals surface area contributed by atoms with E-state index in [4.69, 9.17) is 17.0 Å². The monoisotopic (exact) mass is 368 g/mol. The van der Waals surface area contributed by atoms with Crippen LogP contribution >= 0.6 is 12.2 Å². The summed E-state index contributed by atoms with van der Waals surface area (Å²) in [6.45, 7) is 5.53. The largest absolute Gasteiger partial charge is 0.378 e. The summed E-state index contributed by atoms with van der Waals surface area (Å²) < 4.78 is 5.39. The van der Waals surface area contributed by atoms with Gasteiger partial charge in [-0.1, -0.05) is 42.5 Å². The number of hydrazone groups is 1. The molecule has 2 N–H and O–H groups in total. The Hall–Kier alpha value is -2.44. The van der Waals surface area contributed by atoms with Gasteiger partial charge in [0.2, 0.25) is 0 Å². The van der Waals surface area contributed by atoms with Gasteiger partial charge in [-0.3, -0.25) is 5.43 Å². The van der Waals surface area contributed by atoms with Crippen molar-refractivity contribution in [3.8, 4) is 0 Å². The number of benzene rings is 2. The van der Waals surface area contributed by atoms with Crippen LogP contribution < -0.4 is 15.6 Å². The van der Waals surface area contributed by atoms with Crippen LogP contribution in [0.4, 0.5) is 5.69 Å². The minimum Gasteiger partial charge on any atom is -0.378 e. The minimum absolute atomic E-state index is 0.124. The number of thiocarbonyl (C=S) groups is 1. The molecule has 1 fully saturated rings. The van der Waals surface area contributed by atoms with Crippen molar-refractivity contribution in [3.63, 3.8) is 0 Å². The molecule has 136 valence electrons. The van der Waals surface area contributed by atoms with Crippen molar-refractivity contribution in [1.29, 1.82) is 0 Å². The van der Waals surface area contributed by atoms with Crippen molar-refractivity contribution in [2.24, 2.45) is 5.10 Å². The Morgan fingerprint density at radius 3 is 2.50 bits per heavy atom. The Morgan fingerprint density at radius 1 is 1.12 bits per heavy atom. The highest BCUT2D eigenvalue weighted by atomic mass is 32.1. The maximum Gasteiger partial charge on any atom is 0.187 e. The van der Waals surface area contributed by atoms with E-state index in [1.165, 1.54) is 11.3 Å². The molecular weight excluding hydrogens is 344 g/mol. The van der Waals surface area contributed by atoms with Crippen molar-refractivity contribution in [2.75, 3.05) is 31.2 Å². The van der Waals surface area contributed by atoms with E-state index in [1.807, 2.05) is 18.2 Å². The average molecular weight is 369 g/mol. The van der Waals surface area contributed by atoms with Crippen molar-refractivity contribution in [1.82, 2.24) is 10.7 Å². The first-order valence-corrected chi connectivity index (χ1v) is 9.20. The predicted octanol–water partition coefficient (Wildman–Crippen LogP) is 3.08. The number of ether oxygens (including phenoxy) is 1. The molecular formula is C20H24N4OS. The van der Waals surface area contributed by atoms with Gasteiger partial charge < -0.3 is 15.0 Å².